The van der Waals surface area contributed by atoms with Gasteiger partial charge >= 0.3 is 0 Å². The topological polar surface area (TPSA) is 72.2 Å². The quantitative estimate of drug-likeness (QED) is 0.669. The molecule has 0 aliphatic heterocycles. The van der Waals surface area contributed by atoms with Gasteiger partial charge in [0.1, 0.15) is 5.69 Å². The molecule has 0 saturated carbocycles. The first-order valence-corrected chi connectivity index (χ1v) is 6.18. The van der Waals surface area contributed by atoms with Crippen LogP contribution in [0.3, 0.4) is 0 Å². The van der Waals surface area contributed by atoms with E-state index in [0.717, 1.165) is 5.56 Å². The Bertz CT molecular complexity index is 507. The number of rotatable bonds is 2. The Morgan fingerprint density at radius 1 is 1.39 bits per heavy atom. The largest absolute Gasteiger partial charge is 0.320 e. The highest BCUT2D eigenvalue weighted by Gasteiger charge is 2.24. The zero-order valence-corrected chi connectivity index (χ0v) is 12.3. The van der Waals surface area contributed by atoms with Crippen LogP contribution in [0.2, 0.25) is 0 Å². The Kier molecular flexibility index (Phi) is 4.11. The standard InChI is InChI=1S/C12H15BrN2O3/c1-7(16)14-11-9(13)5-8(12(2,3)4)6-10(11)15(17)18/h5-6H,1-4H3,(H,14,16). The molecular formula is C12H15BrN2O3. The zero-order chi connectivity index (χ0) is 14.1. The van der Waals surface area contributed by atoms with Crippen molar-refractivity contribution in [3.8, 4) is 0 Å². The number of carbonyl (C=O) groups excluding carboxylic acids is 1. The summed E-state index contributed by atoms with van der Waals surface area (Å²) >= 11 is 3.27. The van der Waals surface area contributed by atoms with Crippen LogP contribution in [-0.2, 0) is 10.2 Å². The summed E-state index contributed by atoms with van der Waals surface area (Å²) in [6.45, 7) is 7.22. The van der Waals surface area contributed by atoms with E-state index in [1.54, 1.807) is 6.07 Å². The number of nitrogens with one attached hydrogen (secondary N) is 1. The van der Waals surface area contributed by atoms with Gasteiger partial charge in [-0.2, -0.15) is 0 Å². The molecule has 98 valence electrons. The van der Waals surface area contributed by atoms with Crippen molar-refractivity contribution in [1.29, 1.82) is 0 Å². The summed E-state index contributed by atoms with van der Waals surface area (Å²) in [5, 5.41) is 13.5. The van der Waals surface area contributed by atoms with Gasteiger partial charge in [-0.1, -0.05) is 20.8 Å². The number of nitrogens with zero attached hydrogens (tertiary/aromatic N) is 1. The van der Waals surface area contributed by atoms with E-state index in [0.29, 0.717) is 4.47 Å². The van der Waals surface area contributed by atoms with Crippen LogP contribution in [0.25, 0.3) is 0 Å². The predicted molar refractivity (Wildman–Crippen MR) is 73.8 cm³/mol. The van der Waals surface area contributed by atoms with Gasteiger partial charge in [0.05, 0.1) is 4.92 Å². The summed E-state index contributed by atoms with van der Waals surface area (Å²) < 4.78 is 0.511. The van der Waals surface area contributed by atoms with Crippen molar-refractivity contribution in [3.63, 3.8) is 0 Å². The molecule has 0 heterocycles. The van der Waals surface area contributed by atoms with Crippen molar-refractivity contribution in [3.05, 3.63) is 32.3 Å². The van der Waals surface area contributed by atoms with E-state index in [1.165, 1.54) is 13.0 Å². The number of nitro groups is 1. The minimum atomic E-state index is -0.495. The Hall–Kier alpha value is -1.43. The maximum absolute atomic E-state index is 11.1. The summed E-state index contributed by atoms with van der Waals surface area (Å²) in [5.41, 5.74) is 0.711. The average Bonchev–Trinajstić information content (AvgIpc) is 2.17. The molecule has 0 radical (unpaired) electrons. The minimum Gasteiger partial charge on any atom is -0.320 e. The Balaban J connectivity index is 3.45. The maximum Gasteiger partial charge on any atom is 0.294 e. The molecule has 1 N–H and O–H groups in total. The first-order chi connectivity index (χ1) is 8.12. The second-order valence-corrected chi connectivity index (χ2v) is 5.89. The van der Waals surface area contributed by atoms with Crippen LogP contribution in [0.15, 0.2) is 16.6 Å². The van der Waals surface area contributed by atoms with E-state index in [2.05, 4.69) is 21.2 Å². The van der Waals surface area contributed by atoms with Gasteiger partial charge in [0.25, 0.3) is 5.69 Å². The normalized spacial score (nSPS) is 11.2. The molecule has 0 aliphatic rings. The Morgan fingerprint density at radius 3 is 2.33 bits per heavy atom. The van der Waals surface area contributed by atoms with Gasteiger partial charge < -0.3 is 5.32 Å². The minimum absolute atomic E-state index is 0.107. The Morgan fingerprint density at radius 2 is 1.94 bits per heavy atom. The summed E-state index contributed by atoms with van der Waals surface area (Å²) in [4.78, 5) is 21.6. The predicted octanol–water partition coefficient (Wildman–Crippen LogP) is 3.61. The van der Waals surface area contributed by atoms with Crippen LogP contribution >= 0.6 is 15.9 Å². The molecule has 0 atom stereocenters. The van der Waals surface area contributed by atoms with Gasteiger partial charge in [-0.25, -0.2) is 0 Å². The van der Waals surface area contributed by atoms with E-state index in [4.69, 9.17) is 0 Å². The van der Waals surface area contributed by atoms with Crippen LogP contribution in [-0.4, -0.2) is 10.8 Å². The maximum atomic E-state index is 11.1. The van der Waals surface area contributed by atoms with Crippen molar-refractivity contribution in [2.45, 2.75) is 33.1 Å². The summed E-state index contributed by atoms with van der Waals surface area (Å²) in [6, 6.07) is 3.29. The van der Waals surface area contributed by atoms with Gasteiger partial charge in [0.2, 0.25) is 5.91 Å². The fraction of sp³-hybridized carbons (Fsp3) is 0.417. The lowest BCUT2D eigenvalue weighted by molar-refractivity contribution is -0.384. The van der Waals surface area contributed by atoms with Crippen LogP contribution < -0.4 is 5.32 Å². The zero-order valence-electron chi connectivity index (χ0n) is 10.7. The smallest absolute Gasteiger partial charge is 0.294 e. The molecule has 18 heavy (non-hydrogen) atoms. The summed E-state index contributed by atoms with van der Waals surface area (Å²) in [7, 11) is 0. The molecule has 1 aromatic rings. The molecule has 0 bridgehead atoms. The second kappa shape index (κ2) is 5.06. The summed E-state index contributed by atoms with van der Waals surface area (Å²) in [6.07, 6.45) is 0. The third-order valence-electron chi connectivity index (χ3n) is 2.43. The van der Waals surface area contributed by atoms with Crippen molar-refractivity contribution >= 4 is 33.2 Å². The van der Waals surface area contributed by atoms with E-state index in [1.807, 2.05) is 20.8 Å². The molecule has 1 rings (SSSR count). The highest BCUT2D eigenvalue weighted by atomic mass is 79.9. The number of benzene rings is 1. The molecule has 6 heteroatoms. The number of hydrogen-bond donors (Lipinski definition) is 1. The Labute approximate surface area is 114 Å². The lowest BCUT2D eigenvalue weighted by atomic mass is 9.86. The molecule has 0 aromatic heterocycles. The van der Waals surface area contributed by atoms with Gasteiger partial charge in [0, 0.05) is 17.5 Å². The molecule has 1 amide bonds. The third-order valence-corrected chi connectivity index (χ3v) is 3.06. The third kappa shape index (κ3) is 3.29. The number of carbonyl (C=O) groups is 1. The molecule has 0 fully saturated rings. The van der Waals surface area contributed by atoms with Crippen LogP contribution in [0.5, 0.6) is 0 Å². The number of nitro benzene ring substituents is 1. The first kappa shape index (κ1) is 14.6. The highest BCUT2D eigenvalue weighted by Crippen LogP contribution is 2.37. The second-order valence-electron chi connectivity index (χ2n) is 5.04. The SMILES string of the molecule is CC(=O)Nc1c(Br)cc(C(C)(C)C)cc1[N+](=O)[O-]. The number of amides is 1. The molecule has 0 spiro atoms. The molecule has 0 unspecified atom stereocenters. The fourth-order valence-corrected chi connectivity index (χ4v) is 2.02. The van der Waals surface area contributed by atoms with E-state index in [9.17, 15) is 14.9 Å². The number of halogens is 1. The number of anilines is 1. The summed E-state index contributed by atoms with van der Waals surface area (Å²) in [5.74, 6) is -0.345. The van der Waals surface area contributed by atoms with Gasteiger partial charge in [-0.05, 0) is 33.0 Å². The molecule has 0 aliphatic carbocycles. The van der Waals surface area contributed by atoms with Gasteiger partial charge in [-0.15, -0.1) is 0 Å². The van der Waals surface area contributed by atoms with E-state index < -0.39 is 4.92 Å². The van der Waals surface area contributed by atoms with Crippen molar-refractivity contribution in [2.75, 3.05) is 5.32 Å². The molecular weight excluding hydrogens is 300 g/mol. The van der Waals surface area contributed by atoms with Crippen LogP contribution in [0.1, 0.15) is 33.3 Å². The molecule has 1 aromatic carbocycles. The van der Waals surface area contributed by atoms with Crippen LogP contribution in [0.4, 0.5) is 11.4 Å². The van der Waals surface area contributed by atoms with Gasteiger partial charge in [-0.3, -0.25) is 14.9 Å². The first-order valence-electron chi connectivity index (χ1n) is 5.39. The average molecular weight is 315 g/mol. The van der Waals surface area contributed by atoms with E-state index in [-0.39, 0.29) is 22.7 Å². The van der Waals surface area contributed by atoms with E-state index >= 15 is 0 Å². The van der Waals surface area contributed by atoms with Crippen molar-refractivity contribution in [1.82, 2.24) is 0 Å². The highest BCUT2D eigenvalue weighted by molar-refractivity contribution is 9.10. The lowest BCUT2D eigenvalue weighted by Gasteiger charge is -2.20. The van der Waals surface area contributed by atoms with Crippen molar-refractivity contribution in [2.24, 2.45) is 0 Å². The lowest BCUT2D eigenvalue weighted by Crippen LogP contribution is -2.14. The van der Waals surface area contributed by atoms with Crippen molar-refractivity contribution < 1.29 is 9.72 Å². The number of hydrogen-bond acceptors (Lipinski definition) is 3. The monoisotopic (exact) mass is 314 g/mol. The van der Waals surface area contributed by atoms with Gasteiger partial charge in [0.15, 0.2) is 0 Å². The fourth-order valence-electron chi connectivity index (χ4n) is 1.47. The molecule has 5 nitrogen and oxygen atoms in total. The molecule has 0 saturated heterocycles. The van der Waals surface area contributed by atoms with Crippen LogP contribution in [0, 0.1) is 10.1 Å².